The van der Waals surface area contributed by atoms with E-state index in [1.165, 1.54) is 11.1 Å². The summed E-state index contributed by atoms with van der Waals surface area (Å²) in [4.78, 5) is 33.5. The average Bonchev–Trinajstić information content (AvgIpc) is 3.02. The van der Waals surface area contributed by atoms with E-state index in [2.05, 4.69) is 23.2 Å². The van der Waals surface area contributed by atoms with Crippen molar-refractivity contribution in [2.45, 2.75) is 33.2 Å². The number of hydrogen-bond donors (Lipinski definition) is 0. The van der Waals surface area contributed by atoms with Crippen molar-refractivity contribution in [1.29, 1.82) is 0 Å². The van der Waals surface area contributed by atoms with E-state index in [-0.39, 0.29) is 11.5 Å². The summed E-state index contributed by atoms with van der Waals surface area (Å²) < 4.78 is 1.56. The largest absolute Gasteiger partial charge is 0.339 e. The van der Waals surface area contributed by atoms with Crippen molar-refractivity contribution < 1.29 is 4.79 Å². The molecule has 3 heterocycles. The number of fused-ring (bicyclic) bond motifs is 1. The van der Waals surface area contributed by atoms with Crippen molar-refractivity contribution in [3.63, 3.8) is 0 Å². The number of nitrogens with zero attached hydrogens (tertiary/aromatic N) is 3. The second-order valence-corrected chi connectivity index (χ2v) is 8.34. The molecule has 0 aliphatic carbocycles. The van der Waals surface area contributed by atoms with Crippen LogP contribution in [0, 0.1) is 13.8 Å². The number of thiophene rings is 1. The fourth-order valence-electron chi connectivity index (χ4n) is 3.61. The van der Waals surface area contributed by atoms with E-state index in [0.29, 0.717) is 31.4 Å². The van der Waals surface area contributed by atoms with Crippen molar-refractivity contribution in [1.82, 2.24) is 14.5 Å². The number of carbonyl (C=O) groups excluding carboxylic acids is 1. The minimum absolute atomic E-state index is 0.0513. The third-order valence-electron chi connectivity index (χ3n) is 5.43. The third kappa shape index (κ3) is 3.52. The first-order chi connectivity index (χ1) is 13.5. The standard InChI is InChI=1S/C22H23N3O2S/c1-15-16(2)28-21-20(15)22(27)25(14-23-21)13-10-19(26)24-11-8-18(9-12-24)17-6-4-3-5-7-17/h3-8,14H,9-13H2,1-2H3. The lowest BCUT2D eigenvalue weighted by molar-refractivity contribution is -0.131. The molecule has 144 valence electrons. The van der Waals surface area contributed by atoms with E-state index in [0.717, 1.165) is 21.7 Å². The molecule has 0 spiro atoms. The van der Waals surface area contributed by atoms with Gasteiger partial charge >= 0.3 is 0 Å². The molecule has 0 atom stereocenters. The minimum Gasteiger partial charge on any atom is -0.339 e. The molecule has 1 aliphatic heterocycles. The van der Waals surface area contributed by atoms with Crippen LogP contribution in [0.5, 0.6) is 0 Å². The highest BCUT2D eigenvalue weighted by Crippen LogP contribution is 2.25. The van der Waals surface area contributed by atoms with Gasteiger partial charge < -0.3 is 4.90 Å². The highest BCUT2D eigenvalue weighted by Gasteiger charge is 2.18. The molecule has 0 saturated carbocycles. The van der Waals surface area contributed by atoms with Gasteiger partial charge in [-0.3, -0.25) is 14.2 Å². The van der Waals surface area contributed by atoms with Crippen LogP contribution in [0.4, 0.5) is 0 Å². The zero-order chi connectivity index (χ0) is 19.7. The molecular weight excluding hydrogens is 370 g/mol. The Morgan fingerprint density at radius 2 is 2.00 bits per heavy atom. The summed E-state index contributed by atoms with van der Waals surface area (Å²) >= 11 is 1.54. The molecule has 0 saturated heterocycles. The number of aryl methyl sites for hydroxylation is 3. The first-order valence-corrected chi connectivity index (χ1v) is 10.3. The maximum absolute atomic E-state index is 12.7. The first kappa shape index (κ1) is 18.6. The summed E-state index contributed by atoms with van der Waals surface area (Å²) in [7, 11) is 0. The van der Waals surface area contributed by atoms with Gasteiger partial charge in [-0.15, -0.1) is 11.3 Å². The molecule has 6 heteroatoms. The Hall–Kier alpha value is -2.73. The van der Waals surface area contributed by atoms with Crippen LogP contribution in [-0.2, 0) is 11.3 Å². The average molecular weight is 394 g/mol. The maximum atomic E-state index is 12.7. The van der Waals surface area contributed by atoms with E-state index >= 15 is 0 Å². The lowest BCUT2D eigenvalue weighted by Crippen LogP contribution is -2.35. The fraction of sp³-hybridized carbons (Fsp3) is 0.318. The van der Waals surface area contributed by atoms with E-state index in [1.54, 1.807) is 22.2 Å². The first-order valence-electron chi connectivity index (χ1n) is 9.52. The van der Waals surface area contributed by atoms with Crippen molar-refractivity contribution >= 4 is 33.0 Å². The third-order valence-corrected chi connectivity index (χ3v) is 6.54. The Labute approximate surface area is 167 Å². The van der Waals surface area contributed by atoms with Gasteiger partial charge in [-0.1, -0.05) is 36.4 Å². The molecule has 5 nitrogen and oxygen atoms in total. The molecule has 0 fully saturated rings. The lowest BCUT2D eigenvalue weighted by atomic mass is 9.99. The summed E-state index contributed by atoms with van der Waals surface area (Å²) in [5, 5.41) is 0.686. The number of rotatable bonds is 4. The van der Waals surface area contributed by atoms with E-state index in [9.17, 15) is 9.59 Å². The van der Waals surface area contributed by atoms with Gasteiger partial charge in [0.25, 0.3) is 5.56 Å². The molecule has 0 radical (unpaired) electrons. The highest BCUT2D eigenvalue weighted by molar-refractivity contribution is 7.18. The van der Waals surface area contributed by atoms with E-state index in [1.807, 2.05) is 36.9 Å². The van der Waals surface area contributed by atoms with Crippen LogP contribution >= 0.6 is 11.3 Å². The van der Waals surface area contributed by atoms with E-state index in [4.69, 9.17) is 0 Å². The number of amides is 1. The van der Waals surface area contributed by atoms with Gasteiger partial charge in [0.05, 0.1) is 11.7 Å². The van der Waals surface area contributed by atoms with Gasteiger partial charge in [0.2, 0.25) is 5.91 Å². The Kier molecular flexibility index (Phi) is 5.13. The summed E-state index contributed by atoms with van der Waals surface area (Å²) in [5.41, 5.74) is 3.46. The maximum Gasteiger partial charge on any atom is 0.262 e. The number of aromatic nitrogens is 2. The van der Waals surface area contributed by atoms with Gasteiger partial charge in [0.1, 0.15) is 4.83 Å². The van der Waals surface area contributed by atoms with Crippen molar-refractivity contribution in [3.8, 4) is 0 Å². The van der Waals surface area contributed by atoms with Crippen LogP contribution in [0.25, 0.3) is 15.8 Å². The normalized spacial score (nSPS) is 14.4. The zero-order valence-corrected chi connectivity index (χ0v) is 17.0. The van der Waals surface area contributed by atoms with Gasteiger partial charge in [-0.05, 0) is 37.0 Å². The topological polar surface area (TPSA) is 55.2 Å². The number of hydrogen-bond acceptors (Lipinski definition) is 4. The summed E-state index contributed by atoms with van der Waals surface area (Å²) in [5.74, 6) is 0.0774. The lowest BCUT2D eigenvalue weighted by Gasteiger charge is -2.27. The van der Waals surface area contributed by atoms with Crippen LogP contribution in [0.2, 0.25) is 0 Å². The van der Waals surface area contributed by atoms with Gasteiger partial charge in [-0.2, -0.15) is 0 Å². The molecular formula is C22H23N3O2S. The number of carbonyl (C=O) groups is 1. The van der Waals surface area contributed by atoms with Gasteiger partial charge in [-0.25, -0.2) is 4.98 Å². The predicted octanol–water partition coefficient (Wildman–Crippen LogP) is 3.78. The van der Waals surface area contributed by atoms with Gasteiger partial charge in [0.15, 0.2) is 0 Å². The predicted molar refractivity (Wildman–Crippen MR) is 114 cm³/mol. The quantitative estimate of drug-likeness (QED) is 0.678. The van der Waals surface area contributed by atoms with Crippen LogP contribution in [-0.4, -0.2) is 33.4 Å². The van der Waals surface area contributed by atoms with Crippen LogP contribution < -0.4 is 5.56 Å². The SMILES string of the molecule is Cc1sc2ncn(CCC(=O)N3CC=C(c4ccccc4)CC3)c(=O)c2c1C. The molecule has 4 rings (SSSR count). The minimum atomic E-state index is -0.0513. The van der Waals surface area contributed by atoms with Gasteiger partial charge in [0, 0.05) is 30.9 Å². The molecule has 0 unspecified atom stereocenters. The summed E-state index contributed by atoms with van der Waals surface area (Å²) in [6, 6.07) is 10.3. The van der Waals surface area contributed by atoms with Crippen LogP contribution in [0.1, 0.15) is 28.8 Å². The summed E-state index contributed by atoms with van der Waals surface area (Å²) in [6.45, 7) is 5.66. The molecule has 1 aliphatic rings. The Morgan fingerprint density at radius 1 is 1.21 bits per heavy atom. The number of benzene rings is 1. The van der Waals surface area contributed by atoms with Crippen molar-refractivity contribution in [3.05, 3.63) is 69.1 Å². The smallest absolute Gasteiger partial charge is 0.262 e. The molecule has 2 aromatic heterocycles. The molecule has 0 bridgehead atoms. The van der Waals surface area contributed by atoms with Crippen molar-refractivity contribution in [2.24, 2.45) is 0 Å². The van der Waals surface area contributed by atoms with Crippen molar-refractivity contribution in [2.75, 3.05) is 13.1 Å². The molecule has 3 aromatic rings. The molecule has 1 amide bonds. The molecule has 28 heavy (non-hydrogen) atoms. The second-order valence-electron chi connectivity index (χ2n) is 7.14. The monoisotopic (exact) mass is 393 g/mol. The molecule has 0 N–H and O–H groups in total. The van der Waals surface area contributed by atoms with E-state index < -0.39 is 0 Å². The highest BCUT2D eigenvalue weighted by atomic mass is 32.1. The fourth-order valence-corrected chi connectivity index (χ4v) is 4.60. The summed E-state index contributed by atoms with van der Waals surface area (Å²) in [6.07, 6.45) is 4.87. The van der Waals surface area contributed by atoms with Crippen LogP contribution in [0.15, 0.2) is 47.5 Å². The second kappa shape index (κ2) is 7.72. The molecule has 1 aromatic carbocycles. The Balaban J connectivity index is 1.42. The van der Waals surface area contributed by atoms with Crippen LogP contribution in [0.3, 0.4) is 0 Å². The Morgan fingerprint density at radius 3 is 2.71 bits per heavy atom. The Bertz CT molecular complexity index is 1110. The zero-order valence-electron chi connectivity index (χ0n) is 16.1.